The number of carbonyl (C=O) groups excluding carboxylic acids is 1. The summed E-state index contributed by atoms with van der Waals surface area (Å²) in [6.45, 7) is -0.290. The number of benzene rings is 3. The van der Waals surface area contributed by atoms with E-state index in [1.165, 1.54) is 31.1 Å². The molecule has 0 radical (unpaired) electrons. The molecule has 4 aromatic rings. The number of H-pyrrole nitrogens is 1. The van der Waals surface area contributed by atoms with Gasteiger partial charge in [-0.05, 0) is 23.8 Å². The van der Waals surface area contributed by atoms with E-state index in [1.807, 2.05) is 0 Å². The third-order valence-electron chi connectivity index (χ3n) is 7.39. The Morgan fingerprint density at radius 1 is 0.920 bits per heavy atom. The molecule has 3 aromatic carbocycles. The summed E-state index contributed by atoms with van der Waals surface area (Å²) in [6.07, 6.45) is 0.195. The standard InChI is InChI=1S/C28H26FN11O10/c1-34(2)39(47)32-49-25-16-26(24(38(45)46)15-23(25)37(43)44)50-33-40(48)36-11-9-35(10-12-36)28(42)20-13-17(7-8-21(20)29)14-22-18-5-3-4-6-19(18)27(41)31-30-22/h3-8,13,15-16H,9-12,14H2,1-2H3,(H,31,41)/b39-32-,40-33-. The van der Waals surface area contributed by atoms with Gasteiger partial charge in [0.15, 0.2) is 0 Å². The van der Waals surface area contributed by atoms with Crippen LogP contribution in [0.4, 0.5) is 15.8 Å². The van der Waals surface area contributed by atoms with Crippen molar-refractivity contribution in [3.63, 3.8) is 0 Å². The van der Waals surface area contributed by atoms with Gasteiger partial charge in [-0.25, -0.2) is 9.49 Å². The van der Waals surface area contributed by atoms with Crippen LogP contribution in [0.15, 0.2) is 69.9 Å². The number of nitrogens with one attached hydrogen (secondary N) is 1. The normalized spacial score (nSPS) is 13.7. The van der Waals surface area contributed by atoms with Crippen molar-refractivity contribution >= 4 is 28.1 Å². The van der Waals surface area contributed by atoms with E-state index in [4.69, 9.17) is 9.68 Å². The van der Waals surface area contributed by atoms with Gasteiger partial charge in [-0.1, -0.05) is 24.3 Å². The Bertz CT molecular complexity index is 2100. The lowest BCUT2D eigenvalue weighted by Crippen LogP contribution is -2.50. The summed E-state index contributed by atoms with van der Waals surface area (Å²) < 4.78 is 14.9. The molecule has 0 atom stereocenters. The largest absolute Gasteiger partial charge is 0.569 e. The van der Waals surface area contributed by atoms with Gasteiger partial charge in [0, 0.05) is 31.0 Å². The number of hydrazine groups is 2. The lowest BCUT2D eigenvalue weighted by molar-refractivity contribution is -0.708. The molecule has 1 fully saturated rings. The van der Waals surface area contributed by atoms with E-state index in [9.17, 15) is 44.6 Å². The molecule has 1 aromatic heterocycles. The minimum absolute atomic E-state index is 0.0357. The van der Waals surface area contributed by atoms with Gasteiger partial charge in [0.25, 0.3) is 11.5 Å². The zero-order valence-electron chi connectivity index (χ0n) is 26.2. The summed E-state index contributed by atoms with van der Waals surface area (Å²) in [4.78, 5) is 57.4. The number of fused-ring (bicyclic) bond motifs is 1. The van der Waals surface area contributed by atoms with E-state index in [2.05, 4.69) is 20.8 Å². The minimum Gasteiger partial charge on any atom is -0.569 e. The number of nitrogens with zero attached hydrogens (tertiary/aromatic N) is 10. The SMILES string of the molecule is CN(C)/[N+]([O-])=N/Oc1cc(O/N=[N+](\[O-])N2CCN(C(=O)c3cc(Cc4n[nH]c(=O)c5ccccc45)ccc3F)CC2)c([N+](=O)[O-])cc1[N+](=O)[O-]. The summed E-state index contributed by atoms with van der Waals surface area (Å²) in [5.74, 6) is -2.88. The quantitative estimate of drug-likeness (QED) is 0.103. The van der Waals surface area contributed by atoms with Crippen LogP contribution in [0.1, 0.15) is 21.6 Å². The number of aromatic nitrogens is 2. The third kappa shape index (κ3) is 7.42. The maximum atomic E-state index is 14.9. The number of halogens is 1. The Kier molecular flexibility index (Phi) is 9.90. The van der Waals surface area contributed by atoms with Gasteiger partial charge >= 0.3 is 11.4 Å². The van der Waals surface area contributed by atoms with E-state index in [0.29, 0.717) is 34.2 Å². The maximum Gasteiger partial charge on any atom is 0.321 e. The number of rotatable bonds is 11. The fraction of sp³-hybridized carbons (Fsp3) is 0.250. The number of aromatic amines is 1. The summed E-state index contributed by atoms with van der Waals surface area (Å²) in [5.41, 5.74) is -1.36. The Morgan fingerprint density at radius 3 is 2.16 bits per heavy atom. The molecular weight excluding hydrogens is 669 g/mol. The van der Waals surface area contributed by atoms with Gasteiger partial charge in [0.2, 0.25) is 22.1 Å². The number of hydrogen-bond acceptors (Lipinski definition) is 13. The number of nitro benzene ring substituents is 2. The summed E-state index contributed by atoms with van der Waals surface area (Å²) >= 11 is 0. The zero-order valence-corrected chi connectivity index (χ0v) is 26.2. The third-order valence-corrected chi connectivity index (χ3v) is 7.39. The Morgan fingerprint density at radius 2 is 1.54 bits per heavy atom. The second kappa shape index (κ2) is 14.4. The number of hydrogen-bond donors (Lipinski definition) is 1. The second-order valence-corrected chi connectivity index (χ2v) is 10.8. The fourth-order valence-electron chi connectivity index (χ4n) is 4.84. The van der Waals surface area contributed by atoms with Crippen LogP contribution < -0.4 is 15.2 Å². The van der Waals surface area contributed by atoms with Crippen LogP contribution in [0.5, 0.6) is 11.5 Å². The molecule has 1 N–H and O–H groups in total. The Labute approximate surface area is 279 Å². The highest BCUT2D eigenvalue weighted by Crippen LogP contribution is 2.39. The Balaban J connectivity index is 1.27. The predicted octanol–water partition coefficient (Wildman–Crippen LogP) is 2.83. The second-order valence-electron chi connectivity index (χ2n) is 10.8. The molecule has 5 rings (SSSR count). The molecule has 2 heterocycles. The van der Waals surface area contributed by atoms with Crippen molar-refractivity contribution in [1.82, 2.24) is 25.1 Å². The van der Waals surface area contributed by atoms with Crippen molar-refractivity contribution in [2.24, 2.45) is 10.6 Å². The van der Waals surface area contributed by atoms with Crippen molar-refractivity contribution in [3.05, 3.63) is 118 Å². The number of amides is 1. The molecule has 22 heteroatoms. The van der Waals surface area contributed by atoms with E-state index in [1.54, 1.807) is 24.3 Å². The first-order valence-electron chi connectivity index (χ1n) is 14.5. The number of piperazine rings is 1. The number of carbonyl (C=O) groups is 1. The summed E-state index contributed by atoms with van der Waals surface area (Å²) in [5, 5.41) is 63.4. The van der Waals surface area contributed by atoms with Crippen molar-refractivity contribution in [1.29, 1.82) is 0 Å². The van der Waals surface area contributed by atoms with Gasteiger partial charge in [-0.15, -0.1) is 5.01 Å². The van der Waals surface area contributed by atoms with Gasteiger partial charge in [-0.2, -0.15) is 10.1 Å². The summed E-state index contributed by atoms with van der Waals surface area (Å²) in [6, 6.07) is 12.1. The van der Waals surface area contributed by atoms with Crippen LogP contribution in [0.3, 0.4) is 0 Å². The average molecular weight is 696 g/mol. The molecule has 21 nitrogen and oxygen atoms in total. The molecule has 1 amide bonds. The molecule has 1 aliphatic heterocycles. The minimum atomic E-state index is -1.02. The fourth-order valence-corrected chi connectivity index (χ4v) is 4.84. The molecule has 1 saturated heterocycles. The molecule has 1 aliphatic rings. The summed E-state index contributed by atoms with van der Waals surface area (Å²) in [7, 11) is 2.59. The van der Waals surface area contributed by atoms with Crippen LogP contribution >= 0.6 is 0 Å². The first-order chi connectivity index (χ1) is 23.8. The number of nitro groups is 2. The van der Waals surface area contributed by atoms with Crippen LogP contribution in [-0.4, -0.2) is 91.1 Å². The average Bonchev–Trinajstić information content (AvgIpc) is 3.10. The molecule has 0 spiro atoms. The predicted molar refractivity (Wildman–Crippen MR) is 166 cm³/mol. The molecular formula is C28H26FN11O10. The van der Waals surface area contributed by atoms with Crippen LogP contribution in [0, 0.1) is 36.5 Å². The highest BCUT2D eigenvalue weighted by molar-refractivity contribution is 5.95. The van der Waals surface area contributed by atoms with E-state index in [0.717, 1.165) is 16.1 Å². The lowest BCUT2D eigenvalue weighted by Gasteiger charge is -2.31. The van der Waals surface area contributed by atoms with E-state index < -0.39 is 44.4 Å². The smallest absolute Gasteiger partial charge is 0.321 e. The van der Waals surface area contributed by atoms with Crippen molar-refractivity contribution in [2.75, 3.05) is 40.3 Å². The van der Waals surface area contributed by atoms with Gasteiger partial charge in [-0.3, -0.25) is 39.5 Å². The van der Waals surface area contributed by atoms with Crippen LogP contribution in [-0.2, 0) is 6.42 Å². The maximum absolute atomic E-state index is 14.9. The molecule has 260 valence electrons. The molecule has 0 unspecified atom stereocenters. The first-order valence-corrected chi connectivity index (χ1v) is 14.5. The monoisotopic (exact) mass is 695 g/mol. The highest BCUT2D eigenvalue weighted by Gasteiger charge is 2.31. The zero-order chi connectivity index (χ0) is 36.1. The molecule has 50 heavy (non-hydrogen) atoms. The topological polar surface area (TPSA) is 254 Å². The lowest BCUT2D eigenvalue weighted by atomic mass is 10.0. The van der Waals surface area contributed by atoms with Gasteiger partial charge in [0.1, 0.15) is 11.9 Å². The van der Waals surface area contributed by atoms with Crippen LogP contribution in [0.25, 0.3) is 10.8 Å². The molecule has 0 aliphatic carbocycles. The van der Waals surface area contributed by atoms with Gasteiger partial charge < -0.3 is 15.3 Å². The van der Waals surface area contributed by atoms with E-state index in [-0.39, 0.29) is 53.7 Å². The van der Waals surface area contributed by atoms with Crippen molar-refractivity contribution < 1.29 is 38.6 Å². The van der Waals surface area contributed by atoms with Gasteiger partial charge in [0.05, 0.1) is 63.6 Å². The molecule has 0 saturated carbocycles. The van der Waals surface area contributed by atoms with Crippen molar-refractivity contribution in [2.45, 2.75) is 6.42 Å². The Hall–Kier alpha value is -7.00. The van der Waals surface area contributed by atoms with E-state index >= 15 is 0 Å². The first kappa shape index (κ1) is 34.3. The van der Waals surface area contributed by atoms with Crippen LogP contribution in [0.2, 0.25) is 0 Å². The molecule has 0 bridgehead atoms. The highest BCUT2D eigenvalue weighted by atomic mass is 19.1. The van der Waals surface area contributed by atoms with Crippen molar-refractivity contribution in [3.8, 4) is 11.5 Å².